The van der Waals surface area contributed by atoms with Crippen LogP contribution in [0, 0.1) is 24.0 Å². The van der Waals surface area contributed by atoms with Gasteiger partial charge in [-0.25, -0.2) is 0 Å². The van der Waals surface area contributed by atoms with E-state index in [9.17, 15) is 10.1 Å². The summed E-state index contributed by atoms with van der Waals surface area (Å²) in [4.78, 5) is 9.86. The molecule has 8 heteroatoms. The first kappa shape index (κ1) is 15.6. The molecule has 0 atom stereocenters. The summed E-state index contributed by atoms with van der Waals surface area (Å²) in [5.41, 5.74) is 5.73. The molecule has 0 aliphatic rings. The quantitative estimate of drug-likeness (QED) is 0.389. The van der Waals surface area contributed by atoms with E-state index in [-0.39, 0.29) is 11.6 Å². The van der Waals surface area contributed by atoms with Crippen LogP contribution in [0.15, 0.2) is 39.9 Å². The number of rotatable bonds is 4. The first-order valence-corrected chi connectivity index (χ1v) is 6.78. The maximum atomic E-state index is 10.5. The van der Waals surface area contributed by atoms with Gasteiger partial charge in [0.1, 0.15) is 4.92 Å². The van der Waals surface area contributed by atoms with Crippen LogP contribution in [0.4, 0.5) is 11.6 Å². The summed E-state index contributed by atoms with van der Waals surface area (Å²) in [6.45, 7) is 3.99. The van der Waals surface area contributed by atoms with E-state index in [1.807, 2.05) is 32.0 Å². The third-order valence-corrected chi connectivity index (χ3v) is 2.97. The minimum absolute atomic E-state index is 0.258. The predicted molar refractivity (Wildman–Crippen MR) is 88.2 cm³/mol. The molecule has 0 bridgehead atoms. The van der Waals surface area contributed by atoms with Crippen molar-refractivity contribution in [2.75, 3.05) is 5.32 Å². The molecular formula is C14H14N4O3S. The number of thiocarbonyl (C=S) groups is 1. The maximum Gasteiger partial charge on any atom is 0.433 e. The summed E-state index contributed by atoms with van der Waals surface area (Å²) >= 11 is 5.12. The van der Waals surface area contributed by atoms with Crippen LogP contribution in [-0.4, -0.2) is 16.3 Å². The van der Waals surface area contributed by atoms with Crippen LogP contribution < -0.4 is 10.7 Å². The van der Waals surface area contributed by atoms with Crippen LogP contribution in [0.3, 0.4) is 0 Å². The Balaban J connectivity index is 1.91. The SMILES string of the molecule is Cc1ccc(NC(=S)N/N=C\c2ccc([N+](=O)[O-])o2)c(C)c1. The number of hydrazone groups is 1. The van der Waals surface area contributed by atoms with E-state index in [0.29, 0.717) is 5.11 Å². The van der Waals surface area contributed by atoms with Gasteiger partial charge in [-0.2, -0.15) is 5.10 Å². The topological polar surface area (TPSA) is 92.7 Å². The van der Waals surface area contributed by atoms with E-state index in [2.05, 4.69) is 15.8 Å². The van der Waals surface area contributed by atoms with Crippen molar-refractivity contribution in [1.82, 2.24) is 5.43 Å². The molecule has 1 aromatic carbocycles. The van der Waals surface area contributed by atoms with Crippen LogP contribution >= 0.6 is 12.2 Å². The Hall–Kier alpha value is -2.74. The Labute approximate surface area is 132 Å². The lowest BCUT2D eigenvalue weighted by Gasteiger charge is -2.10. The highest BCUT2D eigenvalue weighted by molar-refractivity contribution is 7.80. The number of furan rings is 1. The number of hydrogen-bond donors (Lipinski definition) is 2. The number of nitro groups is 1. The van der Waals surface area contributed by atoms with Crippen LogP contribution in [0.1, 0.15) is 16.9 Å². The number of anilines is 1. The average Bonchev–Trinajstić information content (AvgIpc) is 2.91. The summed E-state index contributed by atoms with van der Waals surface area (Å²) in [5.74, 6) is -0.0778. The summed E-state index contributed by atoms with van der Waals surface area (Å²) in [6.07, 6.45) is 1.31. The molecule has 0 radical (unpaired) electrons. The second-order valence-electron chi connectivity index (χ2n) is 4.58. The van der Waals surface area contributed by atoms with Crippen molar-refractivity contribution in [3.8, 4) is 0 Å². The van der Waals surface area contributed by atoms with E-state index in [1.165, 1.54) is 23.9 Å². The minimum atomic E-state index is -0.614. The smallest absolute Gasteiger partial charge is 0.400 e. The summed E-state index contributed by atoms with van der Waals surface area (Å²) in [5, 5.41) is 17.7. The molecular weight excluding hydrogens is 304 g/mol. The normalized spacial score (nSPS) is 10.6. The molecule has 0 unspecified atom stereocenters. The van der Waals surface area contributed by atoms with E-state index < -0.39 is 4.92 Å². The number of aryl methyl sites for hydroxylation is 2. The second kappa shape index (κ2) is 6.81. The molecule has 0 saturated carbocycles. The van der Waals surface area contributed by atoms with Crippen LogP contribution in [0.5, 0.6) is 0 Å². The second-order valence-corrected chi connectivity index (χ2v) is 4.98. The first-order valence-electron chi connectivity index (χ1n) is 6.37. The Morgan fingerprint density at radius 1 is 1.36 bits per heavy atom. The van der Waals surface area contributed by atoms with Crippen molar-refractivity contribution >= 4 is 35.1 Å². The zero-order valence-corrected chi connectivity index (χ0v) is 12.8. The Kier molecular flexibility index (Phi) is 4.84. The van der Waals surface area contributed by atoms with Gasteiger partial charge >= 0.3 is 5.88 Å². The Morgan fingerprint density at radius 2 is 2.14 bits per heavy atom. The number of hydrogen-bond acceptors (Lipinski definition) is 5. The number of benzene rings is 1. The van der Waals surface area contributed by atoms with Crippen molar-refractivity contribution in [3.05, 3.63) is 57.3 Å². The fourth-order valence-corrected chi connectivity index (χ4v) is 1.93. The van der Waals surface area contributed by atoms with Gasteiger partial charge in [0.2, 0.25) is 0 Å². The molecule has 0 amide bonds. The van der Waals surface area contributed by atoms with Crippen LogP contribution in [-0.2, 0) is 0 Å². The summed E-state index contributed by atoms with van der Waals surface area (Å²) in [6, 6.07) is 8.65. The van der Waals surface area contributed by atoms with Crippen molar-refractivity contribution in [1.29, 1.82) is 0 Å². The molecule has 114 valence electrons. The lowest BCUT2D eigenvalue weighted by molar-refractivity contribution is -0.402. The minimum Gasteiger partial charge on any atom is -0.400 e. The van der Waals surface area contributed by atoms with E-state index in [1.54, 1.807) is 0 Å². The van der Waals surface area contributed by atoms with Gasteiger partial charge in [0.05, 0.1) is 12.3 Å². The van der Waals surface area contributed by atoms with Crippen LogP contribution in [0.25, 0.3) is 0 Å². The predicted octanol–water partition coefficient (Wildman–Crippen LogP) is 3.13. The van der Waals surface area contributed by atoms with Crippen molar-refractivity contribution in [2.45, 2.75) is 13.8 Å². The molecule has 2 aromatic rings. The monoisotopic (exact) mass is 318 g/mol. The van der Waals surface area contributed by atoms with Crippen molar-refractivity contribution in [2.24, 2.45) is 5.10 Å². The fraction of sp³-hybridized carbons (Fsp3) is 0.143. The highest BCUT2D eigenvalue weighted by atomic mass is 32.1. The fourth-order valence-electron chi connectivity index (χ4n) is 1.77. The van der Waals surface area contributed by atoms with E-state index in [0.717, 1.165) is 11.3 Å². The molecule has 2 rings (SSSR count). The third-order valence-electron chi connectivity index (χ3n) is 2.78. The number of nitrogens with zero attached hydrogens (tertiary/aromatic N) is 2. The molecule has 1 aromatic heterocycles. The average molecular weight is 318 g/mol. The third kappa shape index (κ3) is 4.13. The lowest BCUT2D eigenvalue weighted by Crippen LogP contribution is -2.24. The molecule has 0 aliphatic carbocycles. The zero-order chi connectivity index (χ0) is 16.1. The molecule has 0 aliphatic heterocycles. The van der Waals surface area contributed by atoms with Gasteiger partial charge in [0.25, 0.3) is 0 Å². The number of nitrogens with one attached hydrogen (secondary N) is 2. The van der Waals surface area contributed by atoms with Gasteiger partial charge in [-0.1, -0.05) is 17.7 Å². The van der Waals surface area contributed by atoms with Gasteiger partial charge in [-0.3, -0.25) is 15.5 Å². The zero-order valence-electron chi connectivity index (χ0n) is 12.0. The molecule has 1 heterocycles. The Bertz CT molecular complexity index is 739. The van der Waals surface area contributed by atoms with Crippen molar-refractivity contribution in [3.63, 3.8) is 0 Å². The maximum absolute atomic E-state index is 10.5. The molecule has 7 nitrogen and oxygen atoms in total. The van der Waals surface area contributed by atoms with Gasteiger partial charge in [0, 0.05) is 5.69 Å². The lowest BCUT2D eigenvalue weighted by atomic mass is 10.1. The van der Waals surface area contributed by atoms with Gasteiger partial charge in [-0.05, 0) is 43.8 Å². The van der Waals surface area contributed by atoms with E-state index in [4.69, 9.17) is 16.6 Å². The first-order chi connectivity index (χ1) is 10.5. The highest BCUT2D eigenvalue weighted by Gasteiger charge is 2.10. The molecule has 2 N–H and O–H groups in total. The Morgan fingerprint density at radius 3 is 2.77 bits per heavy atom. The largest absolute Gasteiger partial charge is 0.433 e. The van der Waals surface area contributed by atoms with Crippen LogP contribution in [0.2, 0.25) is 0 Å². The van der Waals surface area contributed by atoms with Gasteiger partial charge in [0.15, 0.2) is 10.9 Å². The summed E-state index contributed by atoms with van der Waals surface area (Å²) < 4.78 is 4.93. The standard InChI is InChI=1S/C14H14N4O3S/c1-9-3-5-12(10(2)7-9)16-14(22)17-15-8-11-4-6-13(21-11)18(19)20/h3-8H,1-2H3,(H2,16,17,22)/b15-8-. The molecule has 22 heavy (non-hydrogen) atoms. The van der Waals surface area contributed by atoms with Gasteiger partial charge < -0.3 is 9.73 Å². The molecule has 0 saturated heterocycles. The highest BCUT2D eigenvalue weighted by Crippen LogP contribution is 2.16. The van der Waals surface area contributed by atoms with E-state index >= 15 is 0 Å². The molecule has 0 spiro atoms. The van der Waals surface area contributed by atoms with Crippen molar-refractivity contribution < 1.29 is 9.34 Å². The molecule has 0 fully saturated rings. The summed E-state index contributed by atoms with van der Waals surface area (Å²) in [7, 11) is 0. The van der Waals surface area contributed by atoms with Gasteiger partial charge in [-0.15, -0.1) is 0 Å².